The van der Waals surface area contributed by atoms with Crippen LogP contribution in [0.3, 0.4) is 0 Å². The molecule has 114 valence electrons. The number of nitrogens with one attached hydrogen (secondary N) is 1. The summed E-state index contributed by atoms with van der Waals surface area (Å²) in [5.41, 5.74) is 1.17. The van der Waals surface area contributed by atoms with Gasteiger partial charge < -0.3 is 14.8 Å². The van der Waals surface area contributed by atoms with Crippen molar-refractivity contribution < 1.29 is 13.9 Å². The van der Waals surface area contributed by atoms with Crippen molar-refractivity contribution in [3.63, 3.8) is 0 Å². The van der Waals surface area contributed by atoms with Crippen molar-refractivity contribution in [1.82, 2.24) is 5.32 Å². The summed E-state index contributed by atoms with van der Waals surface area (Å²) in [5.74, 6) is 0.327. The van der Waals surface area contributed by atoms with Gasteiger partial charge in [-0.3, -0.25) is 0 Å². The maximum Gasteiger partial charge on any atom is 0.123 e. The summed E-state index contributed by atoms with van der Waals surface area (Å²) < 4.78 is 23.5. The topological polar surface area (TPSA) is 30.5 Å². The van der Waals surface area contributed by atoms with E-state index in [0.717, 1.165) is 45.6 Å². The minimum absolute atomic E-state index is 0.180. The molecule has 1 aromatic carbocycles. The lowest BCUT2D eigenvalue weighted by Gasteiger charge is -2.16. The van der Waals surface area contributed by atoms with Gasteiger partial charge in [0.1, 0.15) is 5.82 Å². The number of methoxy groups -OCH3 is 1. The number of halogens is 1. The molecule has 1 atom stereocenters. The highest BCUT2D eigenvalue weighted by atomic mass is 19.1. The van der Waals surface area contributed by atoms with Crippen molar-refractivity contribution in [1.29, 1.82) is 0 Å². The first-order valence-electron chi connectivity index (χ1n) is 7.22. The van der Waals surface area contributed by atoms with Crippen molar-refractivity contribution in [3.8, 4) is 0 Å². The third kappa shape index (κ3) is 7.58. The number of benzene rings is 1. The second kappa shape index (κ2) is 10.8. The Morgan fingerprint density at radius 1 is 1.15 bits per heavy atom. The van der Waals surface area contributed by atoms with Gasteiger partial charge in [-0.15, -0.1) is 0 Å². The van der Waals surface area contributed by atoms with Crippen LogP contribution in [0, 0.1) is 11.7 Å². The van der Waals surface area contributed by atoms with E-state index in [1.807, 2.05) is 19.2 Å². The molecule has 1 aromatic rings. The summed E-state index contributed by atoms with van der Waals surface area (Å²) in [6.07, 6.45) is 2.89. The summed E-state index contributed by atoms with van der Waals surface area (Å²) in [6.45, 7) is 3.20. The molecule has 0 radical (unpaired) electrons. The van der Waals surface area contributed by atoms with Crippen molar-refractivity contribution in [3.05, 3.63) is 35.6 Å². The van der Waals surface area contributed by atoms with Gasteiger partial charge in [-0.25, -0.2) is 4.39 Å². The Labute approximate surface area is 121 Å². The molecular formula is C16H26FNO2. The average Bonchev–Trinajstić information content (AvgIpc) is 2.45. The van der Waals surface area contributed by atoms with E-state index in [1.54, 1.807) is 7.11 Å². The van der Waals surface area contributed by atoms with Crippen LogP contribution in [-0.4, -0.2) is 40.5 Å². The zero-order chi connectivity index (χ0) is 14.6. The van der Waals surface area contributed by atoms with Crippen LogP contribution in [-0.2, 0) is 15.9 Å². The molecule has 0 aliphatic heterocycles. The molecule has 0 aliphatic carbocycles. The predicted molar refractivity (Wildman–Crippen MR) is 79.4 cm³/mol. The first-order chi connectivity index (χ1) is 9.76. The van der Waals surface area contributed by atoms with Crippen molar-refractivity contribution >= 4 is 0 Å². The van der Waals surface area contributed by atoms with E-state index in [2.05, 4.69) is 5.32 Å². The summed E-state index contributed by atoms with van der Waals surface area (Å²) >= 11 is 0. The average molecular weight is 283 g/mol. The number of hydrogen-bond donors (Lipinski definition) is 1. The predicted octanol–water partition coefficient (Wildman–Crippen LogP) is 2.65. The monoisotopic (exact) mass is 283 g/mol. The van der Waals surface area contributed by atoms with Gasteiger partial charge in [0.2, 0.25) is 0 Å². The van der Waals surface area contributed by atoms with Crippen LogP contribution in [0.2, 0.25) is 0 Å². The van der Waals surface area contributed by atoms with Gasteiger partial charge in [0.05, 0.1) is 0 Å². The lowest BCUT2D eigenvalue weighted by atomic mass is 9.96. The van der Waals surface area contributed by atoms with Crippen LogP contribution in [0.25, 0.3) is 0 Å². The maximum atomic E-state index is 12.9. The Morgan fingerprint density at radius 3 is 2.55 bits per heavy atom. The lowest BCUT2D eigenvalue weighted by Crippen LogP contribution is -2.22. The van der Waals surface area contributed by atoms with E-state index in [0.29, 0.717) is 5.92 Å². The van der Waals surface area contributed by atoms with E-state index in [4.69, 9.17) is 9.47 Å². The molecular weight excluding hydrogens is 257 g/mol. The lowest BCUT2D eigenvalue weighted by molar-refractivity contribution is 0.0937. The molecule has 4 heteroatoms. The second-order valence-electron chi connectivity index (χ2n) is 5.00. The van der Waals surface area contributed by atoms with Gasteiger partial charge >= 0.3 is 0 Å². The Kier molecular flexibility index (Phi) is 9.20. The molecule has 0 spiro atoms. The molecule has 0 amide bonds. The molecule has 0 saturated heterocycles. The smallest absolute Gasteiger partial charge is 0.123 e. The fourth-order valence-electron chi connectivity index (χ4n) is 2.18. The van der Waals surface area contributed by atoms with E-state index < -0.39 is 0 Å². The van der Waals surface area contributed by atoms with Crippen LogP contribution in [0.15, 0.2) is 24.3 Å². The molecule has 20 heavy (non-hydrogen) atoms. The van der Waals surface area contributed by atoms with Crippen molar-refractivity contribution in [2.24, 2.45) is 5.92 Å². The highest BCUT2D eigenvalue weighted by Gasteiger charge is 2.09. The molecule has 1 N–H and O–H groups in total. The molecule has 0 fully saturated rings. The number of rotatable bonds is 11. The van der Waals surface area contributed by atoms with Gasteiger partial charge in [-0.1, -0.05) is 12.1 Å². The van der Waals surface area contributed by atoms with Crippen LogP contribution < -0.4 is 5.32 Å². The molecule has 0 saturated carbocycles. The standard InChI is InChI=1S/C16H26FNO2/c1-18-13-15(8-11-20-10-3-9-19-2)12-14-4-6-16(17)7-5-14/h4-7,15,18H,3,8-13H2,1-2H3. The fraction of sp³-hybridized carbons (Fsp3) is 0.625. The Morgan fingerprint density at radius 2 is 1.90 bits per heavy atom. The number of hydrogen-bond acceptors (Lipinski definition) is 3. The van der Waals surface area contributed by atoms with Crippen LogP contribution >= 0.6 is 0 Å². The van der Waals surface area contributed by atoms with E-state index >= 15 is 0 Å². The van der Waals surface area contributed by atoms with E-state index in [-0.39, 0.29) is 5.82 Å². The summed E-state index contributed by atoms with van der Waals surface area (Å²) in [7, 11) is 3.66. The molecule has 0 bridgehead atoms. The van der Waals surface area contributed by atoms with E-state index in [1.165, 1.54) is 17.7 Å². The molecule has 0 heterocycles. The SMILES string of the molecule is CNCC(CCOCCCOC)Cc1ccc(F)cc1. The quantitative estimate of drug-likeness (QED) is 0.633. The van der Waals surface area contributed by atoms with Crippen LogP contribution in [0.5, 0.6) is 0 Å². The zero-order valence-corrected chi connectivity index (χ0v) is 12.5. The highest BCUT2D eigenvalue weighted by molar-refractivity contribution is 5.16. The molecule has 3 nitrogen and oxygen atoms in total. The maximum absolute atomic E-state index is 12.9. The van der Waals surface area contributed by atoms with Gasteiger partial charge in [0, 0.05) is 26.9 Å². The van der Waals surface area contributed by atoms with Gasteiger partial charge in [0.15, 0.2) is 0 Å². The van der Waals surface area contributed by atoms with Gasteiger partial charge in [-0.2, -0.15) is 0 Å². The van der Waals surface area contributed by atoms with Crippen LogP contribution in [0.1, 0.15) is 18.4 Å². The van der Waals surface area contributed by atoms with Gasteiger partial charge in [-0.05, 0) is 56.5 Å². The second-order valence-corrected chi connectivity index (χ2v) is 5.00. The molecule has 1 rings (SSSR count). The molecule has 0 aliphatic rings. The highest BCUT2D eigenvalue weighted by Crippen LogP contribution is 2.13. The zero-order valence-electron chi connectivity index (χ0n) is 12.5. The summed E-state index contributed by atoms with van der Waals surface area (Å²) in [6, 6.07) is 6.76. The first-order valence-corrected chi connectivity index (χ1v) is 7.22. The van der Waals surface area contributed by atoms with Gasteiger partial charge in [0.25, 0.3) is 0 Å². The molecule has 0 aromatic heterocycles. The fourth-order valence-corrected chi connectivity index (χ4v) is 2.18. The number of ether oxygens (including phenoxy) is 2. The summed E-state index contributed by atoms with van der Waals surface area (Å²) in [4.78, 5) is 0. The third-order valence-corrected chi connectivity index (χ3v) is 3.24. The Balaban J connectivity index is 2.27. The normalized spacial score (nSPS) is 12.6. The van der Waals surface area contributed by atoms with Crippen LogP contribution in [0.4, 0.5) is 4.39 Å². The Bertz CT molecular complexity index is 343. The van der Waals surface area contributed by atoms with Crippen molar-refractivity contribution in [2.75, 3.05) is 40.5 Å². The first kappa shape index (κ1) is 17.1. The van der Waals surface area contributed by atoms with E-state index in [9.17, 15) is 4.39 Å². The largest absolute Gasteiger partial charge is 0.385 e. The Hall–Kier alpha value is -0.970. The van der Waals surface area contributed by atoms with Crippen molar-refractivity contribution in [2.45, 2.75) is 19.3 Å². The minimum Gasteiger partial charge on any atom is -0.385 e. The third-order valence-electron chi connectivity index (χ3n) is 3.24. The minimum atomic E-state index is -0.180. The molecule has 1 unspecified atom stereocenters. The summed E-state index contributed by atoms with van der Waals surface area (Å²) in [5, 5.41) is 3.21.